The number of carboxylic acid groups (broad SMARTS) is 2. The lowest BCUT2D eigenvalue weighted by Crippen LogP contribution is -2.58. The molecule has 0 aliphatic heterocycles. The molecule has 0 spiro atoms. The molecule has 0 aromatic carbocycles. The van der Waals surface area contributed by atoms with Gasteiger partial charge in [-0.15, -0.1) is 0 Å². The molecule has 34 heavy (non-hydrogen) atoms. The van der Waals surface area contributed by atoms with E-state index in [1.54, 1.807) is 13.8 Å². The number of carbonyl (C=O) groups excluding carboxylic acids is 3. The number of hydrogen-bond acceptors (Lipinski definition) is 8. The summed E-state index contributed by atoms with van der Waals surface area (Å²) in [4.78, 5) is 63.4. The summed E-state index contributed by atoms with van der Waals surface area (Å²) in [6.07, 6.45) is -0.582. The minimum absolute atomic E-state index is 0.0334. The van der Waals surface area contributed by atoms with Crippen molar-refractivity contribution in [1.29, 1.82) is 0 Å². The highest BCUT2D eigenvalue weighted by molar-refractivity contribution is 5.94. The molecule has 15 heteroatoms. The molecule has 0 heterocycles. The quantitative estimate of drug-likeness (QED) is 0.0580. The topological polar surface area (TPSA) is 273 Å². The minimum atomic E-state index is -1.56. The van der Waals surface area contributed by atoms with Gasteiger partial charge in [-0.1, -0.05) is 13.8 Å². The molecule has 0 rings (SSSR count). The summed E-state index contributed by atoms with van der Waals surface area (Å²) in [5, 5.41) is 34.5. The summed E-state index contributed by atoms with van der Waals surface area (Å²) in [7, 11) is 0. The number of hydrogen-bond donors (Lipinski definition) is 9. The molecule has 0 aliphatic rings. The maximum absolute atomic E-state index is 12.6. The van der Waals surface area contributed by atoms with Gasteiger partial charge in [0.15, 0.2) is 5.96 Å². The molecule has 4 atom stereocenters. The number of nitrogens with one attached hydrogen (secondary N) is 3. The van der Waals surface area contributed by atoms with E-state index in [9.17, 15) is 34.2 Å². The molecule has 12 N–H and O–H groups in total. The predicted molar refractivity (Wildman–Crippen MR) is 120 cm³/mol. The molecule has 0 aliphatic carbocycles. The van der Waals surface area contributed by atoms with Gasteiger partial charge in [0.05, 0.1) is 12.6 Å². The van der Waals surface area contributed by atoms with E-state index >= 15 is 0 Å². The molecule has 3 amide bonds. The third-order valence-electron chi connectivity index (χ3n) is 4.68. The Morgan fingerprint density at radius 2 is 1.38 bits per heavy atom. The van der Waals surface area contributed by atoms with Gasteiger partial charge < -0.3 is 48.5 Å². The summed E-state index contributed by atoms with van der Waals surface area (Å²) in [6, 6.07) is -5.23. The van der Waals surface area contributed by atoms with Crippen molar-refractivity contribution in [2.24, 2.45) is 28.1 Å². The van der Waals surface area contributed by atoms with E-state index in [0.717, 1.165) is 0 Å². The fourth-order valence-electron chi connectivity index (χ4n) is 2.61. The SMILES string of the molecule is CC(C)C(N)C(=O)NC(CCC(=O)O)C(=O)NC(CO)C(=O)NC(CCCN=C(N)N)C(=O)O. The Morgan fingerprint density at radius 3 is 1.85 bits per heavy atom. The molecule has 0 saturated heterocycles. The van der Waals surface area contributed by atoms with Crippen LogP contribution in [0.2, 0.25) is 0 Å². The van der Waals surface area contributed by atoms with Crippen LogP contribution in [-0.2, 0) is 24.0 Å². The van der Waals surface area contributed by atoms with E-state index in [-0.39, 0.29) is 37.7 Å². The zero-order valence-electron chi connectivity index (χ0n) is 19.2. The maximum Gasteiger partial charge on any atom is 0.326 e. The first-order valence-electron chi connectivity index (χ1n) is 10.6. The van der Waals surface area contributed by atoms with Crippen LogP contribution in [0.4, 0.5) is 0 Å². The Balaban J connectivity index is 5.25. The highest BCUT2D eigenvalue weighted by atomic mass is 16.4. The standard InChI is InChI=1S/C19H35N7O8/c1-9(2)14(20)17(32)24-10(5-6-13(28)29)15(30)26-12(8-27)16(31)25-11(18(33)34)4-3-7-23-19(21)22/h9-12,14,27H,3-8,20H2,1-2H3,(H,24,32)(H,25,31)(H,26,30)(H,28,29)(H,33,34)(H4,21,22,23). The van der Waals surface area contributed by atoms with E-state index in [2.05, 4.69) is 20.9 Å². The lowest BCUT2D eigenvalue weighted by atomic mass is 10.0. The largest absolute Gasteiger partial charge is 0.481 e. The average molecular weight is 490 g/mol. The maximum atomic E-state index is 12.6. The van der Waals surface area contributed by atoms with Crippen LogP contribution in [0.25, 0.3) is 0 Å². The summed E-state index contributed by atoms with van der Waals surface area (Å²) in [5.74, 6) is -5.64. The molecular weight excluding hydrogens is 454 g/mol. The summed E-state index contributed by atoms with van der Waals surface area (Å²) in [6.45, 7) is 2.60. The first kappa shape index (κ1) is 30.5. The molecule has 4 unspecified atom stereocenters. The third kappa shape index (κ3) is 12.0. The fraction of sp³-hybridized carbons (Fsp3) is 0.684. The zero-order chi connectivity index (χ0) is 26.4. The number of aliphatic hydroxyl groups excluding tert-OH is 1. The van der Waals surface area contributed by atoms with Gasteiger partial charge in [0.25, 0.3) is 0 Å². The number of rotatable bonds is 16. The molecule has 15 nitrogen and oxygen atoms in total. The van der Waals surface area contributed by atoms with Crippen molar-refractivity contribution in [3.05, 3.63) is 0 Å². The number of amides is 3. The van der Waals surface area contributed by atoms with Crippen LogP contribution < -0.4 is 33.2 Å². The predicted octanol–water partition coefficient (Wildman–Crippen LogP) is -3.58. The Morgan fingerprint density at radius 1 is 0.853 bits per heavy atom. The van der Waals surface area contributed by atoms with E-state index in [0.29, 0.717) is 0 Å². The third-order valence-corrected chi connectivity index (χ3v) is 4.68. The highest BCUT2D eigenvalue weighted by Crippen LogP contribution is 2.04. The van der Waals surface area contributed by atoms with Gasteiger partial charge in [-0.05, 0) is 25.2 Å². The first-order valence-corrected chi connectivity index (χ1v) is 10.6. The first-order chi connectivity index (χ1) is 15.8. The molecule has 0 aromatic heterocycles. The van der Waals surface area contributed by atoms with Crippen molar-refractivity contribution in [3.63, 3.8) is 0 Å². The Bertz CT molecular complexity index is 755. The van der Waals surface area contributed by atoms with Gasteiger partial charge in [-0.25, -0.2) is 4.79 Å². The Hall–Kier alpha value is -3.46. The highest BCUT2D eigenvalue weighted by Gasteiger charge is 2.30. The summed E-state index contributed by atoms with van der Waals surface area (Å²) in [5.41, 5.74) is 16.1. The number of guanidine groups is 1. The second-order valence-corrected chi connectivity index (χ2v) is 7.86. The zero-order valence-corrected chi connectivity index (χ0v) is 19.2. The summed E-state index contributed by atoms with van der Waals surface area (Å²) < 4.78 is 0. The van der Waals surface area contributed by atoms with Gasteiger partial charge in [0.2, 0.25) is 17.7 Å². The van der Waals surface area contributed by atoms with Crippen LogP contribution in [0.5, 0.6) is 0 Å². The van der Waals surface area contributed by atoms with Gasteiger partial charge in [0.1, 0.15) is 18.1 Å². The second-order valence-electron chi connectivity index (χ2n) is 7.86. The van der Waals surface area contributed by atoms with Crippen molar-refractivity contribution in [2.45, 2.75) is 63.7 Å². The van der Waals surface area contributed by atoms with Crippen molar-refractivity contribution in [1.82, 2.24) is 16.0 Å². The van der Waals surface area contributed by atoms with Gasteiger partial charge in [-0.3, -0.25) is 24.2 Å². The fourth-order valence-corrected chi connectivity index (χ4v) is 2.61. The smallest absolute Gasteiger partial charge is 0.326 e. The Kier molecular flexibility index (Phi) is 13.8. The number of aliphatic carboxylic acids is 2. The molecule has 194 valence electrons. The number of aliphatic hydroxyl groups is 1. The number of carbonyl (C=O) groups is 5. The average Bonchev–Trinajstić information content (AvgIpc) is 2.75. The number of nitrogens with zero attached hydrogens (tertiary/aromatic N) is 1. The van der Waals surface area contributed by atoms with E-state index < -0.39 is 66.9 Å². The number of carboxylic acids is 2. The van der Waals surface area contributed by atoms with Crippen molar-refractivity contribution >= 4 is 35.6 Å². The van der Waals surface area contributed by atoms with Gasteiger partial charge >= 0.3 is 11.9 Å². The lowest BCUT2D eigenvalue weighted by molar-refractivity contribution is -0.142. The molecule has 0 aromatic rings. The number of nitrogens with two attached hydrogens (primary N) is 3. The molecule has 0 fully saturated rings. The van der Waals surface area contributed by atoms with Crippen molar-refractivity contribution in [3.8, 4) is 0 Å². The van der Waals surface area contributed by atoms with Crippen molar-refractivity contribution < 1.29 is 39.3 Å². The van der Waals surface area contributed by atoms with Crippen LogP contribution in [-0.4, -0.2) is 88.3 Å². The van der Waals surface area contributed by atoms with E-state index in [1.807, 2.05) is 0 Å². The van der Waals surface area contributed by atoms with E-state index in [4.69, 9.17) is 22.3 Å². The second kappa shape index (κ2) is 15.4. The lowest BCUT2D eigenvalue weighted by Gasteiger charge is -2.24. The number of aliphatic imine (C=N–C) groups is 1. The van der Waals surface area contributed by atoms with Gasteiger partial charge in [0, 0.05) is 13.0 Å². The molecule has 0 radical (unpaired) electrons. The monoisotopic (exact) mass is 489 g/mol. The van der Waals surface area contributed by atoms with Crippen LogP contribution in [0.15, 0.2) is 4.99 Å². The van der Waals surface area contributed by atoms with Gasteiger partial charge in [-0.2, -0.15) is 0 Å². The molecule has 0 saturated carbocycles. The van der Waals surface area contributed by atoms with Crippen LogP contribution in [0.1, 0.15) is 39.5 Å². The molecule has 0 bridgehead atoms. The van der Waals surface area contributed by atoms with Crippen LogP contribution in [0.3, 0.4) is 0 Å². The van der Waals surface area contributed by atoms with Crippen LogP contribution >= 0.6 is 0 Å². The Labute approximate surface area is 196 Å². The summed E-state index contributed by atoms with van der Waals surface area (Å²) >= 11 is 0. The van der Waals surface area contributed by atoms with E-state index in [1.165, 1.54) is 0 Å². The normalized spacial score (nSPS) is 14.3. The minimum Gasteiger partial charge on any atom is -0.481 e. The van der Waals surface area contributed by atoms with Crippen molar-refractivity contribution in [2.75, 3.05) is 13.2 Å². The molecular formula is C19H35N7O8. The van der Waals surface area contributed by atoms with Crippen LogP contribution in [0, 0.1) is 5.92 Å².